The standard InChI is InChI=1S/C14H20N4S/c1-8(2)9-6-11(15)18-12(16-9)10-7-19-13(17-10)14(3,4)5/h6-8H,1-5H3,(H2,15,16,18). The fraction of sp³-hybridized carbons (Fsp3) is 0.500. The number of nitrogens with two attached hydrogens (primary N) is 1. The molecule has 4 nitrogen and oxygen atoms in total. The molecule has 5 heteroatoms. The summed E-state index contributed by atoms with van der Waals surface area (Å²) < 4.78 is 0. The number of thiazole rings is 1. The van der Waals surface area contributed by atoms with Gasteiger partial charge in [-0.1, -0.05) is 34.6 Å². The zero-order chi connectivity index (χ0) is 14.2. The van der Waals surface area contributed by atoms with Crippen molar-refractivity contribution in [2.45, 2.75) is 46.0 Å². The van der Waals surface area contributed by atoms with Crippen LogP contribution in [0.4, 0.5) is 5.82 Å². The van der Waals surface area contributed by atoms with Crippen molar-refractivity contribution in [1.29, 1.82) is 0 Å². The van der Waals surface area contributed by atoms with Crippen LogP contribution >= 0.6 is 11.3 Å². The molecule has 0 aliphatic rings. The number of rotatable bonds is 2. The Labute approximate surface area is 118 Å². The molecule has 0 saturated heterocycles. The molecule has 0 fully saturated rings. The number of nitrogen functional groups attached to an aromatic ring is 1. The van der Waals surface area contributed by atoms with Crippen LogP contribution in [-0.2, 0) is 5.41 Å². The lowest BCUT2D eigenvalue weighted by atomic mass is 9.98. The third-order valence-electron chi connectivity index (χ3n) is 2.73. The quantitative estimate of drug-likeness (QED) is 0.910. The zero-order valence-corrected chi connectivity index (χ0v) is 12.9. The minimum atomic E-state index is 0.0458. The monoisotopic (exact) mass is 276 g/mol. The Morgan fingerprint density at radius 1 is 1.16 bits per heavy atom. The van der Waals surface area contributed by atoms with Crippen LogP contribution in [0.5, 0.6) is 0 Å². The van der Waals surface area contributed by atoms with Crippen molar-refractivity contribution in [1.82, 2.24) is 15.0 Å². The lowest BCUT2D eigenvalue weighted by Gasteiger charge is -2.13. The summed E-state index contributed by atoms with van der Waals surface area (Å²) in [6.45, 7) is 10.6. The third kappa shape index (κ3) is 3.10. The molecule has 0 aromatic carbocycles. The van der Waals surface area contributed by atoms with E-state index in [1.165, 1.54) is 0 Å². The summed E-state index contributed by atoms with van der Waals surface area (Å²) >= 11 is 1.64. The van der Waals surface area contributed by atoms with Gasteiger partial charge in [-0.3, -0.25) is 0 Å². The van der Waals surface area contributed by atoms with Crippen LogP contribution in [-0.4, -0.2) is 15.0 Å². The number of aromatic nitrogens is 3. The summed E-state index contributed by atoms with van der Waals surface area (Å²) in [5, 5.41) is 3.08. The fourth-order valence-corrected chi connectivity index (χ4v) is 2.50. The molecule has 2 N–H and O–H groups in total. The molecule has 2 heterocycles. The van der Waals surface area contributed by atoms with Crippen LogP contribution in [0.3, 0.4) is 0 Å². The molecule has 2 aromatic rings. The van der Waals surface area contributed by atoms with Crippen molar-refractivity contribution in [3.63, 3.8) is 0 Å². The van der Waals surface area contributed by atoms with Gasteiger partial charge in [0.15, 0.2) is 5.82 Å². The predicted octanol–water partition coefficient (Wildman–Crippen LogP) is 3.60. The van der Waals surface area contributed by atoms with E-state index < -0.39 is 0 Å². The molecule has 0 amide bonds. The first-order valence-electron chi connectivity index (χ1n) is 6.38. The molecule has 2 aromatic heterocycles. The first-order chi connectivity index (χ1) is 8.77. The van der Waals surface area contributed by atoms with Crippen molar-refractivity contribution in [3.05, 3.63) is 22.1 Å². The van der Waals surface area contributed by atoms with E-state index in [2.05, 4.69) is 49.6 Å². The van der Waals surface area contributed by atoms with E-state index in [0.717, 1.165) is 16.4 Å². The van der Waals surface area contributed by atoms with E-state index in [0.29, 0.717) is 17.6 Å². The van der Waals surface area contributed by atoms with Crippen LogP contribution in [0, 0.1) is 0 Å². The lowest BCUT2D eigenvalue weighted by Crippen LogP contribution is -2.10. The van der Waals surface area contributed by atoms with Crippen molar-refractivity contribution >= 4 is 17.2 Å². The van der Waals surface area contributed by atoms with E-state index >= 15 is 0 Å². The van der Waals surface area contributed by atoms with Crippen LogP contribution < -0.4 is 5.73 Å². The van der Waals surface area contributed by atoms with Crippen LogP contribution in [0.15, 0.2) is 11.4 Å². The zero-order valence-electron chi connectivity index (χ0n) is 12.1. The maximum absolute atomic E-state index is 5.85. The number of hydrogen-bond donors (Lipinski definition) is 1. The van der Waals surface area contributed by atoms with Gasteiger partial charge in [0.2, 0.25) is 0 Å². The van der Waals surface area contributed by atoms with Crippen molar-refractivity contribution < 1.29 is 0 Å². The summed E-state index contributed by atoms with van der Waals surface area (Å²) in [7, 11) is 0. The minimum absolute atomic E-state index is 0.0458. The second-order valence-corrected chi connectivity index (χ2v) is 6.84. The molecular weight excluding hydrogens is 256 g/mol. The van der Waals surface area contributed by atoms with Crippen LogP contribution in [0.25, 0.3) is 11.5 Å². The summed E-state index contributed by atoms with van der Waals surface area (Å²) in [5.41, 5.74) is 7.66. The molecule has 0 atom stereocenters. The number of hydrogen-bond acceptors (Lipinski definition) is 5. The average molecular weight is 276 g/mol. The summed E-state index contributed by atoms with van der Waals surface area (Å²) in [6, 6.07) is 1.82. The highest BCUT2D eigenvalue weighted by Crippen LogP contribution is 2.29. The number of anilines is 1. The average Bonchev–Trinajstić information content (AvgIpc) is 2.76. The van der Waals surface area contributed by atoms with Gasteiger partial charge in [-0.2, -0.15) is 0 Å². The topological polar surface area (TPSA) is 64.7 Å². The molecule has 0 aliphatic heterocycles. The molecule has 0 saturated carbocycles. The van der Waals surface area contributed by atoms with E-state index in [1.807, 2.05) is 11.4 Å². The highest BCUT2D eigenvalue weighted by molar-refractivity contribution is 7.10. The smallest absolute Gasteiger partial charge is 0.181 e. The Hall–Kier alpha value is -1.49. The molecule has 0 unspecified atom stereocenters. The first-order valence-corrected chi connectivity index (χ1v) is 7.26. The van der Waals surface area contributed by atoms with Gasteiger partial charge in [0, 0.05) is 22.6 Å². The predicted molar refractivity (Wildman–Crippen MR) is 80.3 cm³/mol. The Balaban J connectivity index is 2.44. The Kier molecular flexibility index (Phi) is 3.58. The van der Waals surface area contributed by atoms with Gasteiger partial charge >= 0.3 is 0 Å². The van der Waals surface area contributed by atoms with E-state index in [9.17, 15) is 0 Å². The lowest BCUT2D eigenvalue weighted by molar-refractivity contribution is 0.586. The molecule has 102 valence electrons. The van der Waals surface area contributed by atoms with Crippen molar-refractivity contribution in [3.8, 4) is 11.5 Å². The molecule has 0 spiro atoms. The molecule has 0 aliphatic carbocycles. The van der Waals surface area contributed by atoms with Gasteiger partial charge in [-0.15, -0.1) is 11.3 Å². The molecule has 2 rings (SSSR count). The molecule has 0 bridgehead atoms. The van der Waals surface area contributed by atoms with Crippen LogP contribution in [0.1, 0.15) is 51.2 Å². The first kappa shape index (κ1) is 13.9. The second-order valence-electron chi connectivity index (χ2n) is 5.98. The SMILES string of the molecule is CC(C)c1cc(N)nc(-c2csc(C(C)(C)C)n2)n1. The normalized spacial score (nSPS) is 12.1. The van der Waals surface area contributed by atoms with Gasteiger partial charge in [0.25, 0.3) is 0 Å². The Bertz CT molecular complexity index is 581. The van der Waals surface area contributed by atoms with E-state index in [1.54, 1.807) is 11.3 Å². The fourth-order valence-electron chi connectivity index (χ4n) is 1.62. The van der Waals surface area contributed by atoms with Crippen molar-refractivity contribution in [2.75, 3.05) is 5.73 Å². The van der Waals surface area contributed by atoms with E-state index in [4.69, 9.17) is 5.73 Å². The summed E-state index contributed by atoms with van der Waals surface area (Å²) in [5.74, 6) is 1.44. The van der Waals surface area contributed by atoms with Crippen molar-refractivity contribution in [2.24, 2.45) is 0 Å². The van der Waals surface area contributed by atoms with E-state index in [-0.39, 0.29) is 5.41 Å². The van der Waals surface area contributed by atoms with Crippen LogP contribution in [0.2, 0.25) is 0 Å². The minimum Gasteiger partial charge on any atom is -0.384 e. The molecular formula is C14H20N4S. The number of nitrogens with zero attached hydrogens (tertiary/aromatic N) is 3. The van der Waals surface area contributed by atoms with Gasteiger partial charge in [0.1, 0.15) is 11.5 Å². The highest BCUT2D eigenvalue weighted by Gasteiger charge is 2.19. The summed E-state index contributed by atoms with van der Waals surface area (Å²) in [6.07, 6.45) is 0. The van der Waals surface area contributed by atoms with Gasteiger partial charge in [-0.05, 0) is 5.92 Å². The Morgan fingerprint density at radius 2 is 1.84 bits per heavy atom. The third-order valence-corrected chi connectivity index (χ3v) is 4.00. The van der Waals surface area contributed by atoms with Gasteiger partial charge in [-0.25, -0.2) is 15.0 Å². The van der Waals surface area contributed by atoms with Gasteiger partial charge < -0.3 is 5.73 Å². The molecule has 19 heavy (non-hydrogen) atoms. The largest absolute Gasteiger partial charge is 0.384 e. The second kappa shape index (κ2) is 4.89. The summed E-state index contributed by atoms with van der Waals surface area (Å²) in [4.78, 5) is 13.5. The Morgan fingerprint density at radius 3 is 2.37 bits per heavy atom. The molecule has 0 radical (unpaired) electrons. The van der Waals surface area contributed by atoms with Gasteiger partial charge in [0.05, 0.1) is 5.01 Å². The maximum Gasteiger partial charge on any atom is 0.181 e. The maximum atomic E-state index is 5.85. The highest BCUT2D eigenvalue weighted by atomic mass is 32.1.